The molecule has 3 aromatic rings. The third-order valence-corrected chi connectivity index (χ3v) is 2.86. The van der Waals surface area contributed by atoms with Gasteiger partial charge in [-0.1, -0.05) is 12.1 Å². The van der Waals surface area contributed by atoms with Crippen LogP contribution in [0.25, 0.3) is 5.65 Å². The van der Waals surface area contributed by atoms with E-state index in [4.69, 9.17) is 9.84 Å². The Kier molecular flexibility index (Phi) is 3.15. The lowest BCUT2D eigenvalue weighted by atomic mass is 10.3. The first kappa shape index (κ1) is 12.9. The number of rotatable bonds is 4. The van der Waals surface area contributed by atoms with Crippen molar-refractivity contribution in [2.75, 3.05) is 0 Å². The number of hydrogen-bond donors (Lipinski definition) is 2. The van der Waals surface area contributed by atoms with Gasteiger partial charge < -0.3 is 14.9 Å². The molecule has 0 radical (unpaired) electrons. The fraction of sp³-hybridized carbons (Fsp3) is 0.0714. The second-order valence-corrected chi connectivity index (χ2v) is 4.28. The minimum Gasteiger partial charge on any atom is -0.504 e. The lowest BCUT2D eigenvalue weighted by Crippen LogP contribution is -2.00. The van der Waals surface area contributed by atoms with Crippen molar-refractivity contribution in [3.8, 4) is 11.5 Å². The van der Waals surface area contributed by atoms with Gasteiger partial charge in [-0.25, -0.2) is 14.3 Å². The van der Waals surface area contributed by atoms with E-state index in [0.29, 0.717) is 11.6 Å². The molecule has 0 saturated carbocycles. The molecule has 0 atom stereocenters. The molecule has 0 saturated heterocycles. The summed E-state index contributed by atoms with van der Waals surface area (Å²) in [6, 6.07) is 9.58. The first-order chi connectivity index (χ1) is 10.1. The number of para-hydroxylation sites is 2. The van der Waals surface area contributed by atoms with Crippen LogP contribution in [0, 0.1) is 0 Å². The van der Waals surface area contributed by atoms with E-state index in [9.17, 15) is 9.90 Å². The maximum Gasteiger partial charge on any atom is 0.339 e. The smallest absolute Gasteiger partial charge is 0.339 e. The lowest BCUT2D eigenvalue weighted by Gasteiger charge is -2.04. The number of ether oxygens (including phenoxy) is 1. The fourth-order valence-electron chi connectivity index (χ4n) is 1.90. The first-order valence-corrected chi connectivity index (χ1v) is 6.13. The van der Waals surface area contributed by atoms with Gasteiger partial charge in [-0.3, -0.25) is 0 Å². The summed E-state index contributed by atoms with van der Waals surface area (Å²) in [7, 11) is 0. The van der Waals surface area contributed by atoms with Crippen LogP contribution in [0.4, 0.5) is 0 Å². The number of phenols is 1. The van der Waals surface area contributed by atoms with Gasteiger partial charge in [0.05, 0.1) is 0 Å². The maximum atomic E-state index is 11.1. The Morgan fingerprint density at radius 3 is 2.81 bits per heavy atom. The zero-order valence-electron chi connectivity index (χ0n) is 10.8. The summed E-state index contributed by atoms with van der Waals surface area (Å²) in [6.45, 7) is 0.0261. The number of hydrogen-bond acceptors (Lipinski definition) is 5. The van der Waals surface area contributed by atoms with E-state index in [1.54, 1.807) is 30.5 Å². The molecule has 1 aromatic carbocycles. The van der Waals surface area contributed by atoms with Gasteiger partial charge >= 0.3 is 5.97 Å². The largest absolute Gasteiger partial charge is 0.504 e. The van der Waals surface area contributed by atoms with Gasteiger partial charge in [0.1, 0.15) is 12.2 Å². The molecule has 7 heteroatoms. The monoisotopic (exact) mass is 285 g/mol. The minimum atomic E-state index is -1.07. The molecule has 0 aliphatic heterocycles. The number of benzene rings is 1. The summed E-state index contributed by atoms with van der Waals surface area (Å²) in [5, 5.41) is 22.8. The standard InChI is InChI=1S/C14H11N3O4/c18-10-5-1-2-6-11(10)21-8-12-15-13-9(14(19)20)4-3-7-17(13)16-12/h1-7,18H,8H2,(H,19,20). The molecule has 2 aromatic heterocycles. The number of nitrogens with zero attached hydrogens (tertiary/aromatic N) is 3. The van der Waals surface area contributed by atoms with Crippen molar-refractivity contribution in [1.29, 1.82) is 0 Å². The van der Waals surface area contributed by atoms with Gasteiger partial charge in [0.15, 0.2) is 23.0 Å². The maximum absolute atomic E-state index is 11.1. The summed E-state index contributed by atoms with van der Waals surface area (Å²) in [4.78, 5) is 15.2. The molecule has 106 valence electrons. The molecule has 3 rings (SSSR count). The number of pyridine rings is 1. The van der Waals surface area contributed by atoms with Crippen molar-refractivity contribution in [2.45, 2.75) is 6.61 Å². The molecule has 0 unspecified atom stereocenters. The molecule has 0 amide bonds. The Morgan fingerprint density at radius 2 is 2.05 bits per heavy atom. The van der Waals surface area contributed by atoms with Crippen LogP contribution < -0.4 is 4.74 Å². The number of aromatic hydroxyl groups is 1. The number of carboxylic acids is 1. The van der Waals surface area contributed by atoms with Crippen molar-refractivity contribution >= 4 is 11.6 Å². The summed E-state index contributed by atoms with van der Waals surface area (Å²) in [6.07, 6.45) is 1.61. The number of carbonyl (C=O) groups is 1. The van der Waals surface area contributed by atoms with Crippen LogP contribution in [0.3, 0.4) is 0 Å². The molecule has 0 bridgehead atoms. The molecule has 7 nitrogen and oxygen atoms in total. The Morgan fingerprint density at radius 1 is 1.24 bits per heavy atom. The lowest BCUT2D eigenvalue weighted by molar-refractivity contribution is 0.0698. The summed E-state index contributed by atoms with van der Waals surface area (Å²) in [5.41, 5.74) is 0.319. The molecule has 0 aliphatic carbocycles. The van der Waals surface area contributed by atoms with Gasteiger partial charge in [-0.15, -0.1) is 5.10 Å². The Labute approximate surface area is 119 Å². The van der Waals surface area contributed by atoms with Crippen LogP contribution in [-0.2, 0) is 6.61 Å². The molecule has 0 spiro atoms. The van der Waals surface area contributed by atoms with Crippen molar-refractivity contribution in [2.24, 2.45) is 0 Å². The highest BCUT2D eigenvalue weighted by atomic mass is 16.5. The summed E-state index contributed by atoms with van der Waals surface area (Å²) >= 11 is 0. The zero-order chi connectivity index (χ0) is 14.8. The summed E-state index contributed by atoms with van der Waals surface area (Å²) < 4.78 is 6.80. The highest BCUT2D eigenvalue weighted by Crippen LogP contribution is 2.25. The molecule has 2 N–H and O–H groups in total. The van der Waals surface area contributed by atoms with Crippen LogP contribution in [-0.4, -0.2) is 30.8 Å². The second-order valence-electron chi connectivity index (χ2n) is 4.28. The zero-order valence-corrected chi connectivity index (χ0v) is 10.8. The quantitative estimate of drug-likeness (QED) is 0.757. The molecular weight excluding hydrogens is 274 g/mol. The van der Waals surface area contributed by atoms with Gasteiger partial charge in [-0.05, 0) is 24.3 Å². The summed E-state index contributed by atoms with van der Waals surface area (Å²) in [5.74, 6) is -0.407. The van der Waals surface area contributed by atoms with Gasteiger partial charge in [0.25, 0.3) is 0 Å². The van der Waals surface area contributed by atoms with Crippen molar-refractivity contribution in [1.82, 2.24) is 14.6 Å². The third-order valence-electron chi connectivity index (χ3n) is 2.86. The van der Waals surface area contributed by atoms with Crippen LogP contribution in [0.2, 0.25) is 0 Å². The molecule has 21 heavy (non-hydrogen) atoms. The highest BCUT2D eigenvalue weighted by molar-refractivity contribution is 5.94. The van der Waals surface area contributed by atoms with Crippen LogP contribution >= 0.6 is 0 Å². The minimum absolute atomic E-state index is 0.0208. The van der Waals surface area contributed by atoms with Gasteiger partial charge in [0, 0.05) is 6.20 Å². The highest BCUT2D eigenvalue weighted by Gasteiger charge is 2.13. The van der Waals surface area contributed by atoms with E-state index in [-0.39, 0.29) is 23.6 Å². The number of aromatic nitrogens is 3. The van der Waals surface area contributed by atoms with Gasteiger partial charge in [0.2, 0.25) is 0 Å². The average Bonchev–Trinajstić information content (AvgIpc) is 2.88. The van der Waals surface area contributed by atoms with Crippen molar-refractivity contribution in [3.05, 3.63) is 54.0 Å². The van der Waals surface area contributed by atoms with Crippen molar-refractivity contribution in [3.63, 3.8) is 0 Å². The SMILES string of the molecule is O=C(O)c1cccn2nc(COc3ccccc3O)nc12. The molecule has 2 heterocycles. The average molecular weight is 285 g/mol. The van der Waals surface area contributed by atoms with Gasteiger partial charge in [-0.2, -0.15) is 0 Å². The predicted octanol–water partition coefficient (Wildman–Crippen LogP) is 1.71. The number of phenolic OH excluding ortho intramolecular Hbond substituents is 1. The van der Waals surface area contributed by atoms with Crippen LogP contribution in [0.1, 0.15) is 16.2 Å². The normalized spacial score (nSPS) is 10.7. The third kappa shape index (κ3) is 2.48. The number of fused-ring (bicyclic) bond motifs is 1. The second kappa shape index (κ2) is 5.12. The Hall–Kier alpha value is -3.09. The first-order valence-electron chi connectivity index (χ1n) is 6.13. The number of aromatic carboxylic acids is 1. The predicted molar refractivity (Wildman–Crippen MR) is 72.4 cm³/mol. The van der Waals surface area contributed by atoms with Crippen LogP contribution in [0.5, 0.6) is 11.5 Å². The van der Waals surface area contributed by atoms with E-state index in [2.05, 4.69) is 10.1 Å². The number of carboxylic acid groups (broad SMARTS) is 1. The van der Waals surface area contributed by atoms with E-state index >= 15 is 0 Å². The van der Waals surface area contributed by atoms with E-state index in [0.717, 1.165) is 0 Å². The topological polar surface area (TPSA) is 97.0 Å². The molecule has 0 aliphatic rings. The van der Waals surface area contributed by atoms with E-state index < -0.39 is 5.97 Å². The Bertz CT molecular complexity index is 813. The van der Waals surface area contributed by atoms with E-state index in [1.165, 1.54) is 16.6 Å². The van der Waals surface area contributed by atoms with E-state index in [1.807, 2.05) is 0 Å². The Balaban J connectivity index is 1.87. The fourth-order valence-corrected chi connectivity index (χ4v) is 1.90. The molecule has 0 fully saturated rings. The van der Waals surface area contributed by atoms with Crippen molar-refractivity contribution < 1.29 is 19.7 Å². The van der Waals surface area contributed by atoms with Crippen LogP contribution in [0.15, 0.2) is 42.6 Å². The molecular formula is C14H11N3O4.